The summed E-state index contributed by atoms with van der Waals surface area (Å²) >= 11 is 15.6. The van der Waals surface area contributed by atoms with Crippen LogP contribution in [0.25, 0.3) is 0 Å². The molecule has 0 unspecified atom stereocenters. The second-order valence-electron chi connectivity index (χ2n) is 3.10. The first-order valence-corrected chi connectivity index (χ1v) is 5.53. The molecular formula is C9H6Cl2F3N3S. The first-order chi connectivity index (χ1) is 8.21. The van der Waals surface area contributed by atoms with E-state index in [9.17, 15) is 13.2 Å². The van der Waals surface area contributed by atoms with Gasteiger partial charge >= 0.3 is 6.18 Å². The SMILES string of the molecule is NC(=S)NN=Cc1cc(Cl)c(Cl)c(C(F)(F)F)c1. The average molecular weight is 316 g/mol. The molecule has 1 aromatic rings. The topological polar surface area (TPSA) is 50.4 Å². The second-order valence-corrected chi connectivity index (χ2v) is 4.32. The summed E-state index contributed by atoms with van der Waals surface area (Å²) in [5, 5.41) is 2.64. The quantitative estimate of drug-likeness (QED) is 0.500. The van der Waals surface area contributed by atoms with Gasteiger partial charge in [0.15, 0.2) is 5.11 Å². The number of nitrogens with zero attached hydrogens (tertiary/aromatic N) is 1. The number of hydrogen-bond acceptors (Lipinski definition) is 2. The molecule has 0 saturated carbocycles. The molecule has 0 aliphatic rings. The lowest BCUT2D eigenvalue weighted by atomic mass is 10.1. The van der Waals surface area contributed by atoms with Crippen molar-refractivity contribution < 1.29 is 13.2 Å². The summed E-state index contributed by atoms with van der Waals surface area (Å²) in [5.74, 6) is 0. The lowest BCUT2D eigenvalue weighted by Gasteiger charge is -2.10. The highest BCUT2D eigenvalue weighted by Crippen LogP contribution is 2.38. The van der Waals surface area contributed by atoms with Crippen LogP contribution in [-0.2, 0) is 6.18 Å². The number of hydrogen-bond donors (Lipinski definition) is 2. The van der Waals surface area contributed by atoms with Crippen LogP contribution in [0, 0.1) is 0 Å². The van der Waals surface area contributed by atoms with Crippen LogP contribution >= 0.6 is 35.4 Å². The Morgan fingerprint density at radius 2 is 2.00 bits per heavy atom. The molecule has 0 spiro atoms. The Bertz CT molecular complexity index is 503. The largest absolute Gasteiger partial charge is 0.417 e. The lowest BCUT2D eigenvalue weighted by molar-refractivity contribution is -0.137. The summed E-state index contributed by atoms with van der Waals surface area (Å²) in [6.45, 7) is 0. The van der Waals surface area contributed by atoms with Crippen LogP contribution in [0.3, 0.4) is 0 Å². The van der Waals surface area contributed by atoms with Gasteiger partial charge in [-0.05, 0) is 29.9 Å². The molecule has 0 radical (unpaired) electrons. The van der Waals surface area contributed by atoms with Crippen molar-refractivity contribution in [2.45, 2.75) is 6.18 Å². The van der Waals surface area contributed by atoms with Crippen LogP contribution in [0.15, 0.2) is 17.2 Å². The maximum absolute atomic E-state index is 12.6. The molecular weight excluding hydrogens is 310 g/mol. The molecule has 18 heavy (non-hydrogen) atoms. The molecule has 0 amide bonds. The lowest BCUT2D eigenvalue weighted by Crippen LogP contribution is -2.24. The molecule has 0 heterocycles. The van der Waals surface area contributed by atoms with E-state index in [0.717, 1.165) is 12.3 Å². The molecule has 9 heteroatoms. The van der Waals surface area contributed by atoms with Gasteiger partial charge in [-0.3, -0.25) is 5.43 Å². The number of nitrogens with one attached hydrogen (secondary N) is 1. The van der Waals surface area contributed by atoms with Crippen LogP contribution in [0.2, 0.25) is 10.0 Å². The maximum Gasteiger partial charge on any atom is 0.417 e. The van der Waals surface area contributed by atoms with Crippen LogP contribution in [-0.4, -0.2) is 11.3 Å². The van der Waals surface area contributed by atoms with Crippen LogP contribution in [0.5, 0.6) is 0 Å². The number of thiocarbonyl (C=S) groups is 1. The summed E-state index contributed by atoms with van der Waals surface area (Å²) < 4.78 is 37.8. The fourth-order valence-corrected chi connectivity index (χ4v) is 1.56. The molecule has 0 aromatic heterocycles. The molecule has 1 rings (SSSR count). The zero-order valence-corrected chi connectivity index (χ0v) is 10.9. The van der Waals surface area contributed by atoms with Gasteiger partial charge in [0, 0.05) is 0 Å². The third-order valence-electron chi connectivity index (χ3n) is 1.74. The van der Waals surface area contributed by atoms with E-state index in [0.29, 0.717) is 0 Å². The molecule has 0 saturated heterocycles. The number of nitrogens with two attached hydrogens (primary N) is 1. The first-order valence-electron chi connectivity index (χ1n) is 4.36. The van der Waals surface area contributed by atoms with Crippen molar-refractivity contribution >= 4 is 46.7 Å². The third-order valence-corrected chi connectivity index (χ3v) is 2.64. The van der Waals surface area contributed by atoms with Gasteiger partial charge in [0.1, 0.15) is 0 Å². The molecule has 0 aliphatic heterocycles. The molecule has 0 atom stereocenters. The number of benzene rings is 1. The summed E-state index contributed by atoms with van der Waals surface area (Å²) in [7, 11) is 0. The average Bonchev–Trinajstić information content (AvgIpc) is 2.20. The van der Waals surface area contributed by atoms with Crippen molar-refractivity contribution in [2.75, 3.05) is 0 Å². The smallest absolute Gasteiger partial charge is 0.375 e. The van der Waals surface area contributed by atoms with Crippen molar-refractivity contribution in [2.24, 2.45) is 10.8 Å². The van der Waals surface area contributed by atoms with Gasteiger partial charge in [-0.1, -0.05) is 23.2 Å². The van der Waals surface area contributed by atoms with Gasteiger partial charge in [0.25, 0.3) is 0 Å². The Morgan fingerprint density at radius 1 is 1.39 bits per heavy atom. The van der Waals surface area contributed by atoms with Crippen molar-refractivity contribution in [3.05, 3.63) is 33.3 Å². The fraction of sp³-hybridized carbons (Fsp3) is 0.111. The minimum atomic E-state index is -4.60. The Labute approximate surface area is 116 Å². The monoisotopic (exact) mass is 315 g/mol. The van der Waals surface area contributed by atoms with E-state index < -0.39 is 16.8 Å². The normalized spacial score (nSPS) is 11.8. The van der Waals surface area contributed by atoms with Crippen molar-refractivity contribution in [1.29, 1.82) is 0 Å². The summed E-state index contributed by atoms with van der Waals surface area (Å²) in [6.07, 6.45) is -3.50. The number of halogens is 5. The Morgan fingerprint density at radius 3 is 2.50 bits per heavy atom. The maximum atomic E-state index is 12.6. The highest BCUT2D eigenvalue weighted by molar-refractivity contribution is 7.80. The second kappa shape index (κ2) is 5.73. The number of hydrazone groups is 1. The molecule has 3 nitrogen and oxygen atoms in total. The molecule has 0 bridgehead atoms. The van der Waals surface area contributed by atoms with E-state index in [1.807, 2.05) is 0 Å². The Hall–Kier alpha value is -1.05. The summed E-state index contributed by atoms with van der Waals surface area (Å²) in [5.41, 5.74) is 6.37. The van der Waals surface area contributed by atoms with Crippen LogP contribution < -0.4 is 11.2 Å². The Balaban J connectivity index is 3.13. The standard InChI is InChI=1S/C9H6Cl2F3N3S/c10-6-2-4(3-16-17-8(15)18)1-5(7(6)11)9(12,13)14/h1-3H,(H3,15,17,18). The first kappa shape index (κ1) is 15.0. The van der Waals surface area contributed by atoms with Crippen LogP contribution in [0.1, 0.15) is 11.1 Å². The van der Waals surface area contributed by atoms with Crippen molar-refractivity contribution in [3.63, 3.8) is 0 Å². The van der Waals surface area contributed by atoms with E-state index in [1.54, 1.807) is 0 Å². The van der Waals surface area contributed by atoms with E-state index in [2.05, 4.69) is 22.7 Å². The van der Waals surface area contributed by atoms with Gasteiger partial charge in [-0.2, -0.15) is 18.3 Å². The van der Waals surface area contributed by atoms with Gasteiger partial charge in [0.05, 0.1) is 21.8 Å². The zero-order chi connectivity index (χ0) is 13.9. The van der Waals surface area contributed by atoms with Gasteiger partial charge in [-0.15, -0.1) is 0 Å². The highest BCUT2D eigenvalue weighted by Gasteiger charge is 2.34. The van der Waals surface area contributed by atoms with Crippen molar-refractivity contribution in [3.8, 4) is 0 Å². The number of alkyl halides is 3. The van der Waals surface area contributed by atoms with E-state index in [-0.39, 0.29) is 15.7 Å². The van der Waals surface area contributed by atoms with Gasteiger partial charge in [0.2, 0.25) is 0 Å². The molecule has 98 valence electrons. The summed E-state index contributed by atoms with van der Waals surface area (Å²) in [4.78, 5) is 0. The summed E-state index contributed by atoms with van der Waals surface area (Å²) in [6, 6.07) is 2.06. The molecule has 0 fully saturated rings. The molecule has 0 aliphatic carbocycles. The predicted molar refractivity (Wildman–Crippen MR) is 69.0 cm³/mol. The highest BCUT2D eigenvalue weighted by atomic mass is 35.5. The zero-order valence-electron chi connectivity index (χ0n) is 8.55. The van der Waals surface area contributed by atoms with Gasteiger partial charge in [-0.25, -0.2) is 0 Å². The van der Waals surface area contributed by atoms with E-state index in [1.165, 1.54) is 6.07 Å². The third kappa shape index (κ3) is 4.01. The number of rotatable bonds is 2. The Kier molecular flexibility index (Phi) is 4.78. The van der Waals surface area contributed by atoms with Crippen LogP contribution in [0.4, 0.5) is 13.2 Å². The fourth-order valence-electron chi connectivity index (χ4n) is 1.06. The van der Waals surface area contributed by atoms with E-state index >= 15 is 0 Å². The molecule has 3 N–H and O–H groups in total. The minimum absolute atomic E-state index is 0.109. The van der Waals surface area contributed by atoms with E-state index in [4.69, 9.17) is 28.9 Å². The molecule has 1 aromatic carbocycles. The predicted octanol–water partition coefficient (Wildman–Crippen LogP) is 3.18. The van der Waals surface area contributed by atoms with Gasteiger partial charge < -0.3 is 5.73 Å². The van der Waals surface area contributed by atoms with Crippen molar-refractivity contribution in [1.82, 2.24) is 5.43 Å². The minimum Gasteiger partial charge on any atom is -0.375 e.